The van der Waals surface area contributed by atoms with E-state index in [1.807, 2.05) is 24.3 Å². The molecule has 2 fully saturated rings. The number of rotatable bonds is 5. The van der Waals surface area contributed by atoms with Gasteiger partial charge in [0, 0.05) is 11.6 Å². The standard InChI is InChI=1S/C18H24N2O2/c1-12(17-10-14-5-8-16(17)9-14)20-18(21)15-6-3-13(4-7-15)11-19-22-2/h3-4,6-7,11-12,14,16-17H,5,8-10H2,1-2H3,(H,20,21)/b19-11+. The van der Waals surface area contributed by atoms with E-state index >= 15 is 0 Å². The largest absolute Gasteiger partial charge is 0.399 e. The van der Waals surface area contributed by atoms with Crippen LogP contribution in [0.4, 0.5) is 0 Å². The highest BCUT2D eigenvalue weighted by molar-refractivity contribution is 5.95. The Hall–Kier alpha value is -1.84. The highest BCUT2D eigenvalue weighted by Gasteiger charge is 2.42. The molecule has 1 aromatic carbocycles. The van der Waals surface area contributed by atoms with Crippen molar-refractivity contribution in [2.45, 2.75) is 38.6 Å². The molecule has 1 aromatic rings. The lowest BCUT2D eigenvalue weighted by molar-refractivity contribution is 0.0915. The summed E-state index contributed by atoms with van der Waals surface area (Å²) >= 11 is 0. The smallest absolute Gasteiger partial charge is 0.251 e. The number of fused-ring (bicyclic) bond motifs is 2. The Labute approximate surface area is 131 Å². The van der Waals surface area contributed by atoms with Gasteiger partial charge in [-0.2, -0.15) is 0 Å². The van der Waals surface area contributed by atoms with Crippen LogP contribution in [0.2, 0.25) is 0 Å². The van der Waals surface area contributed by atoms with E-state index in [0.717, 1.165) is 17.4 Å². The van der Waals surface area contributed by atoms with Gasteiger partial charge in [-0.25, -0.2) is 0 Å². The molecule has 2 saturated carbocycles. The fraction of sp³-hybridized carbons (Fsp3) is 0.556. The van der Waals surface area contributed by atoms with Gasteiger partial charge in [0.15, 0.2) is 0 Å². The summed E-state index contributed by atoms with van der Waals surface area (Å²) in [4.78, 5) is 17.0. The third-order valence-electron chi connectivity index (χ3n) is 5.27. The first-order chi connectivity index (χ1) is 10.7. The van der Waals surface area contributed by atoms with E-state index in [1.54, 1.807) is 6.21 Å². The maximum Gasteiger partial charge on any atom is 0.251 e. The van der Waals surface area contributed by atoms with Gasteiger partial charge in [0.2, 0.25) is 0 Å². The number of nitrogens with zero attached hydrogens (tertiary/aromatic N) is 1. The number of hydrogen-bond donors (Lipinski definition) is 1. The van der Waals surface area contributed by atoms with Crippen LogP contribution in [0, 0.1) is 17.8 Å². The maximum atomic E-state index is 12.4. The van der Waals surface area contributed by atoms with Crippen LogP contribution in [0.3, 0.4) is 0 Å². The second kappa shape index (κ2) is 6.51. The van der Waals surface area contributed by atoms with Crippen molar-refractivity contribution < 1.29 is 9.63 Å². The number of amides is 1. The Morgan fingerprint density at radius 1 is 1.32 bits per heavy atom. The van der Waals surface area contributed by atoms with Crippen LogP contribution in [-0.4, -0.2) is 25.3 Å². The molecule has 22 heavy (non-hydrogen) atoms. The lowest BCUT2D eigenvalue weighted by atomic mass is 9.84. The summed E-state index contributed by atoms with van der Waals surface area (Å²) in [5, 5.41) is 6.90. The van der Waals surface area contributed by atoms with Crippen molar-refractivity contribution in [1.82, 2.24) is 5.32 Å². The topological polar surface area (TPSA) is 50.7 Å². The number of nitrogens with one attached hydrogen (secondary N) is 1. The van der Waals surface area contributed by atoms with Gasteiger partial charge < -0.3 is 10.2 Å². The average molecular weight is 300 g/mol. The second-order valence-corrected chi connectivity index (χ2v) is 6.64. The van der Waals surface area contributed by atoms with Crippen molar-refractivity contribution >= 4 is 12.1 Å². The van der Waals surface area contributed by atoms with Crippen LogP contribution >= 0.6 is 0 Å². The van der Waals surface area contributed by atoms with Crippen molar-refractivity contribution in [3.8, 4) is 0 Å². The monoisotopic (exact) mass is 300 g/mol. The summed E-state index contributed by atoms with van der Waals surface area (Å²) < 4.78 is 0. The fourth-order valence-electron chi connectivity index (χ4n) is 4.14. The summed E-state index contributed by atoms with van der Waals surface area (Å²) in [6.07, 6.45) is 7.03. The van der Waals surface area contributed by atoms with Gasteiger partial charge >= 0.3 is 0 Å². The van der Waals surface area contributed by atoms with Gasteiger partial charge in [-0.1, -0.05) is 23.7 Å². The molecule has 0 spiro atoms. The number of hydrogen-bond acceptors (Lipinski definition) is 3. The molecule has 0 heterocycles. The van der Waals surface area contributed by atoms with E-state index in [-0.39, 0.29) is 11.9 Å². The maximum absolute atomic E-state index is 12.4. The van der Waals surface area contributed by atoms with Crippen molar-refractivity contribution in [3.63, 3.8) is 0 Å². The van der Waals surface area contributed by atoms with E-state index < -0.39 is 0 Å². The lowest BCUT2D eigenvalue weighted by Crippen LogP contribution is -2.40. The Morgan fingerprint density at radius 2 is 2.09 bits per heavy atom. The minimum absolute atomic E-state index is 0.0190. The highest BCUT2D eigenvalue weighted by Crippen LogP contribution is 2.49. The molecule has 1 amide bonds. The zero-order valence-corrected chi connectivity index (χ0v) is 13.3. The minimum atomic E-state index is 0.0190. The molecule has 2 aliphatic rings. The molecule has 1 N–H and O–H groups in total. The average Bonchev–Trinajstić information content (AvgIpc) is 3.16. The number of benzene rings is 1. The van der Waals surface area contributed by atoms with Gasteiger partial charge in [0.1, 0.15) is 7.11 Å². The van der Waals surface area contributed by atoms with E-state index in [2.05, 4.69) is 22.2 Å². The Balaban J connectivity index is 1.58. The predicted molar refractivity (Wildman–Crippen MR) is 86.9 cm³/mol. The SMILES string of the molecule is CO/N=C/c1ccc(C(=O)NC(C)C2CC3CCC2C3)cc1. The second-order valence-electron chi connectivity index (χ2n) is 6.64. The summed E-state index contributed by atoms with van der Waals surface area (Å²) in [6.45, 7) is 2.16. The molecular weight excluding hydrogens is 276 g/mol. The highest BCUT2D eigenvalue weighted by atomic mass is 16.6. The molecule has 0 aliphatic heterocycles. The van der Waals surface area contributed by atoms with Gasteiger partial charge in [-0.3, -0.25) is 4.79 Å². The van der Waals surface area contributed by atoms with Crippen molar-refractivity contribution in [1.29, 1.82) is 0 Å². The van der Waals surface area contributed by atoms with Crippen LogP contribution < -0.4 is 5.32 Å². The Kier molecular flexibility index (Phi) is 4.46. The molecule has 3 rings (SSSR count). The van der Waals surface area contributed by atoms with Gasteiger partial charge in [0.05, 0.1) is 6.21 Å². The molecule has 2 aliphatic carbocycles. The van der Waals surface area contributed by atoms with Crippen molar-refractivity contribution in [3.05, 3.63) is 35.4 Å². The third kappa shape index (κ3) is 3.16. The minimum Gasteiger partial charge on any atom is -0.399 e. The first-order valence-electron chi connectivity index (χ1n) is 8.15. The van der Waals surface area contributed by atoms with Gasteiger partial charge in [-0.15, -0.1) is 0 Å². The number of oxime groups is 1. The summed E-state index contributed by atoms with van der Waals surface area (Å²) in [6, 6.07) is 7.68. The molecule has 0 aromatic heterocycles. The Bertz CT molecular complexity index is 553. The van der Waals surface area contributed by atoms with Crippen LogP contribution in [0.1, 0.15) is 48.5 Å². The molecule has 2 bridgehead atoms. The third-order valence-corrected chi connectivity index (χ3v) is 5.27. The lowest BCUT2D eigenvalue weighted by Gasteiger charge is -2.28. The predicted octanol–water partition coefficient (Wildman–Crippen LogP) is 3.22. The number of carbonyl (C=O) groups is 1. The van der Waals surface area contributed by atoms with E-state index in [1.165, 1.54) is 32.8 Å². The molecule has 0 radical (unpaired) electrons. The molecule has 4 heteroatoms. The van der Waals surface area contributed by atoms with Gasteiger partial charge in [-0.05, 0) is 61.6 Å². The van der Waals surface area contributed by atoms with Crippen LogP contribution in [0.15, 0.2) is 29.4 Å². The zero-order valence-electron chi connectivity index (χ0n) is 13.3. The first kappa shape index (κ1) is 15.1. The molecule has 4 unspecified atom stereocenters. The normalized spacial score (nSPS) is 28.0. The summed E-state index contributed by atoms with van der Waals surface area (Å²) in [7, 11) is 1.51. The zero-order chi connectivity index (χ0) is 15.5. The Morgan fingerprint density at radius 3 is 2.68 bits per heavy atom. The van der Waals surface area contributed by atoms with E-state index in [0.29, 0.717) is 11.5 Å². The van der Waals surface area contributed by atoms with E-state index in [4.69, 9.17) is 0 Å². The van der Waals surface area contributed by atoms with E-state index in [9.17, 15) is 4.79 Å². The molecular formula is C18H24N2O2. The van der Waals surface area contributed by atoms with Gasteiger partial charge in [0.25, 0.3) is 5.91 Å². The van der Waals surface area contributed by atoms with Crippen LogP contribution in [0.25, 0.3) is 0 Å². The number of carbonyl (C=O) groups excluding carboxylic acids is 1. The first-order valence-corrected chi connectivity index (χ1v) is 8.15. The van der Waals surface area contributed by atoms with Crippen LogP contribution in [0.5, 0.6) is 0 Å². The van der Waals surface area contributed by atoms with Crippen molar-refractivity contribution in [2.24, 2.45) is 22.9 Å². The summed E-state index contributed by atoms with van der Waals surface area (Å²) in [5.74, 6) is 2.42. The van der Waals surface area contributed by atoms with Crippen LogP contribution in [-0.2, 0) is 4.84 Å². The summed E-state index contributed by atoms with van der Waals surface area (Å²) in [5.41, 5.74) is 1.61. The molecule has 0 saturated heterocycles. The fourth-order valence-corrected chi connectivity index (χ4v) is 4.14. The molecule has 118 valence electrons. The molecule has 4 atom stereocenters. The van der Waals surface area contributed by atoms with Crippen molar-refractivity contribution in [2.75, 3.05) is 7.11 Å². The molecule has 4 nitrogen and oxygen atoms in total. The quantitative estimate of drug-likeness (QED) is 0.670.